The third-order valence-corrected chi connectivity index (χ3v) is 5.89. The highest BCUT2D eigenvalue weighted by Gasteiger charge is 2.36. The van der Waals surface area contributed by atoms with Gasteiger partial charge < -0.3 is 9.30 Å². The summed E-state index contributed by atoms with van der Waals surface area (Å²) in [5, 5.41) is 0.701. The van der Waals surface area contributed by atoms with Crippen LogP contribution in [0.25, 0.3) is 22.3 Å². The zero-order chi connectivity index (χ0) is 22.4. The average molecular weight is 436 g/mol. The molecule has 0 spiro atoms. The summed E-state index contributed by atoms with van der Waals surface area (Å²) in [6, 6.07) is 18.4. The normalized spacial score (nSPS) is 15.0. The predicted octanol–water partition coefficient (Wildman–Crippen LogP) is 6.94. The van der Waals surface area contributed by atoms with E-state index >= 15 is 0 Å². The number of ether oxygens (including phenoxy) is 1. The van der Waals surface area contributed by atoms with Gasteiger partial charge in [-0.2, -0.15) is 0 Å². The van der Waals surface area contributed by atoms with Crippen molar-refractivity contribution in [2.45, 2.75) is 59.6 Å². The monoisotopic (exact) mass is 435 g/mol. The number of nitrogens with zero attached hydrogens (tertiary/aromatic N) is 1. The molecular formula is C27H30ClNO2. The largest absolute Gasteiger partial charge is 0.460 e. The van der Waals surface area contributed by atoms with Crippen LogP contribution in [0.4, 0.5) is 0 Å². The van der Waals surface area contributed by atoms with Gasteiger partial charge in [0.15, 0.2) is 0 Å². The van der Waals surface area contributed by atoms with E-state index in [1.54, 1.807) is 0 Å². The quantitative estimate of drug-likeness (QED) is 0.415. The molecule has 0 radical (unpaired) electrons. The molecule has 0 bridgehead atoms. The van der Waals surface area contributed by atoms with Gasteiger partial charge in [-0.1, -0.05) is 67.9 Å². The van der Waals surface area contributed by atoms with Crippen molar-refractivity contribution in [1.29, 1.82) is 0 Å². The summed E-state index contributed by atoms with van der Waals surface area (Å²) in [5.41, 5.74) is 6.51. The lowest BCUT2D eigenvalue weighted by Gasteiger charge is -2.21. The van der Waals surface area contributed by atoms with Crippen molar-refractivity contribution in [3.8, 4) is 22.3 Å². The number of rotatable bonds is 4. The predicted molar refractivity (Wildman–Crippen MR) is 127 cm³/mol. The summed E-state index contributed by atoms with van der Waals surface area (Å²) >= 11 is 6.19. The third kappa shape index (κ3) is 4.57. The molecule has 1 aromatic heterocycles. The Balaban J connectivity index is 1.94. The van der Waals surface area contributed by atoms with E-state index in [9.17, 15) is 4.79 Å². The van der Waals surface area contributed by atoms with Gasteiger partial charge >= 0.3 is 5.97 Å². The Morgan fingerprint density at radius 1 is 1.00 bits per heavy atom. The number of hydrogen-bond acceptors (Lipinski definition) is 2. The SMILES string of the molecule is CC1(C)Cc2c(-c3ccccc3)c(-c3ccc(Cl)cc3)c(CC(=O)OC(C)(C)C)n2C1. The highest BCUT2D eigenvalue weighted by Crippen LogP contribution is 2.47. The van der Waals surface area contributed by atoms with Crippen LogP contribution in [0.5, 0.6) is 0 Å². The number of carbonyl (C=O) groups is 1. The summed E-state index contributed by atoms with van der Waals surface area (Å²) in [6.45, 7) is 11.2. The number of fused-ring (bicyclic) bond motifs is 1. The Bertz CT molecular complexity index is 1100. The fraction of sp³-hybridized carbons (Fsp3) is 0.370. The first kappa shape index (κ1) is 21.7. The van der Waals surface area contributed by atoms with Gasteiger partial charge in [-0.25, -0.2) is 0 Å². The Labute approximate surface area is 190 Å². The molecule has 2 aromatic carbocycles. The van der Waals surface area contributed by atoms with E-state index in [4.69, 9.17) is 16.3 Å². The van der Waals surface area contributed by atoms with Gasteiger partial charge in [0.1, 0.15) is 5.60 Å². The minimum Gasteiger partial charge on any atom is -0.460 e. The molecular weight excluding hydrogens is 406 g/mol. The molecule has 2 heterocycles. The zero-order valence-corrected chi connectivity index (χ0v) is 19.7. The van der Waals surface area contributed by atoms with E-state index < -0.39 is 5.60 Å². The summed E-state index contributed by atoms with van der Waals surface area (Å²) < 4.78 is 8.06. The number of carbonyl (C=O) groups excluding carboxylic acids is 1. The Hall–Kier alpha value is -2.52. The number of hydrogen-bond donors (Lipinski definition) is 0. The van der Waals surface area contributed by atoms with E-state index in [2.05, 4.69) is 42.7 Å². The topological polar surface area (TPSA) is 31.2 Å². The van der Waals surface area contributed by atoms with Crippen LogP contribution < -0.4 is 0 Å². The van der Waals surface area contributed by atoms with E-state index in [1.165, 1.54) is 16.8 Å². The molecule has 0 atom stereocenters. The van der Waals surface area contributed by atoms with Crippen LogP contribution in [0.2, 0.25) is 5.02 Å². The Kier molecular flexibility index (Phi) is 5.51. The molecule has 0 fully saturated rings. The van der Waals surface area contributed by atoms with Gasteiger partial charge in [0.05, 0.1) is 6.42 Å². The van der Waals surface area contributed by atoms with E-state index in [1.807, 2.05) is 51.1 Å². The van der Waals surface area contributed by atoms with Crippen molar-refractivity contribution < 1.29 is 9.53 Å². The summed E-state index contributed by atoms with van der Waals surface area (Å²) in [5.74, 6) is -0.202. The summed E-state index contributed by atoms with van der Waals surface area (Å²) in [4.78, 5) is 12.9. The van der Waals surface area contributed by atoms with Crippen molar-refractivity contribution in [2.75, 3.05) is 0 Å². The standard InChI is InChI=1S/C27H30ClNO2/c1-26(2,3)31-23(30)15-21-24(19-11-13-20(28)14-12-19)25(18-9-7-6-8-10-18)22-16-27(4,5)17-29(21)22/h6-14H,15-17H2,1-5H3. The van der Waals surface area contributed by atoms with E-state index in [0.717, 1.165) is 29.8 Å². The molecule has 0 amide bonds. The van der Waals surface area contributed by atoms with E-state index in [-0.39, 0.29) is 17.8 Å². The van der Waals surface area contributed by atoms with Crippen molar-refractivity contribution in [2.24, 2.45) is 5.41 Å². The molecule has 31 heavy (non-hydrogen) atoms. The molecule has 4 heteroatoms. The van der Waals surface area contributed by atoms with Gasteiger partial charge in [0.2, 0.25) is 0 Å². The Morgan fingerprint density at radius 3 is 2.23 bits per heavy atom. The maximum Gasteiger partial charge on any atom is 0.312 e. The minimum atomic E-state index is -0.514. The first-order chi connectivity index (χ1) is 14.5. The van der Waals surface area contributed by atoms with Crippen molar-refractivity contribution in [3.05, 3.63) is 71.0 Å². The van der Waals surface area contributed by atoms with Crippen LogP contribution >= 0.6 is 11.6 Å². The lowest BCUT2D eigenvalue weighted by molar-refractivity contribution is -0.154. The van der Waals surface area contributed by atoms with Crippen molar-refractivity contribution in [3.63, 3.8) is 0 Å². The molecule has 0 N–H and O–H groups in total. The van der Waals surface area contributed by atoms with Crippen LogP contribution in [-0.2, 0) is 28.9 Å². The number of aromatic nitrogens is 1. The van der Waals surface area contributed by atoms with Crippen LogP contribution in [0.15, 0.2) is 54.6 Å². The maximum atomic E-state index is 12.9. The molecule has 3 aromatic rings. The van der Waals surface area contributed by atoms with Gasteiger partial charge in [-0.3, -0.25) is 4.79 Å². The molecule has 0 saturated heterocycles. The van der Waals surface area contributed by atoms with Crippen LogP contribution in [0.1, 0.15) is 46.0 Å². The number of halogens is 1. The van der Waals surface area contributed by atoms with E-state index in [0.29, 0.717) is 5.02 Å². The highest BCUT2D eigenvalue weighted by molar-refractivity contribution is 6.30. The number of benzene rings is 2. The Morgan fingerprint density at radius 2 is 1.61 bits per heavy atom. The molecule has 0 saturated carbocycles. The van der Waals surface area contributed by atoms with Crippen LogP contribution in [0, 0.1) is 5.41 Å². The zero-order valence-electron chi connectivity index (χ0n) is 19.0. The summed E-state index contributed by atoms with van der Waals surface area (Å²) in [7, 11) is 0. The molecule has 1 aliphatic rings. The minimum absolute atomic E-state index is 0.139. The molecule has 0 unspecified atom stereocenters. The molecule has 162 valence electrons. The van der Waals surface area contributed by atoms with Gasteiger partial charge in [-0.05, 0) is 55.9 Å². The fourth-order valence-corrected chi connectivity index (χ4v) is 4.70. The molecule has 3 nitrogen and oxygen atoms in total. The molecule has 4 rings (SSSR count). The van der Waals surface area contributed by atoms with Gasteiger partial charge in [0.25, 0.3) is 0 Å². The lowest BCUT2D eigenvalue weighted by atomic mass is 9.86. The van der Waals surface area contributed by atoms with Crippen molar-refractivity contribution in [1.82, 2.24) is 4.57 Å². The average Bonchev–Trinajstić information content (AvgIpc) is 3.12. The van der Waals surface area contributed by atoms with Crippen molar-refractivity contribution >= 4 is 17.6 Å². The third-order valence-electron chi connectivity index (χ3n) is 5.64. The first-order valence-corrected chi connectivity index (χ1v) is 11.2. The second kappa shape index (κ2) is 7.87. The highest BCUT2D eigenvalue weighted by atomic mass is 35.5. The fourth-order valence-electron chi connectivity index (χ4n) is 4.57. The lowest BCUT2D eigenvalue weighted by Crippen LogP contribution is -2.26. The maximum absolute atomic E-state index is 12.9. The van der Waals surface area contributed by atoms with Gasteiger partial charge in [0, 0.05) is 34.1 Å². The molecule has 1 aliphatic heterocycles. The van der Waals surface area contributed by atoms with Crippen LogP contribution in [0.3, 0.4) is 0 Å². The summed E-state index contributed by atoms with van der Waals surface area (Å²) in [6.07, 6.45) is 1.21. The van der Waals surface area contributed by atoms with Crippen LogP contribution in [-0.4, -0.2) is 16.1 Å². The van der Waals surface area contributed by atoms with Gasteiger partial charge in [-0.15, -0.1) is 0 Å². The second-order valence-corrected chi connectivity index (χ2v) is 10.6. The second-order valence-electron chi connectivity index (χ2n) is 10.2. The smallest absolute Gasteiger partial charge is 0.312 e. The number of esters is 1. The molecule has 0 aliphatic carbocycles. The first-order valence-electron chi connectivity index (χ1n) is 10.8.